The standard InChI is InChI=1S/C11H16Cl2N2/c1-3-11(7-12,8-13)15-10-6-9(2)4-5-14-10/h4-6H,3,7-8H2,1-2H3,(H,14,15). The fourth-order valence-corrected chi connectivity index (χ4v) is 2.05. The lowest BCUT2D eigenvalue weighted by Gasteiger charge is -2.30. The maximum atomic E-state index is 5.94. The van der Waals surface area contributed by atoms with Gasteiger partial charge in [0.05, 0.1) is 5.54 Å². The number of nitrogens with one attached hydrogen (secondary N) is 1. The van der Waals surface area contributed by atoms with E-state index in [9.17, 15) is 0 Å². The third-order valence-corrected chi connectivity index (χ3v) is 3.52. The summed E-state index contributed by atoms with van der Waals surface area (Å²) in [5.41, 5.74) is 0.908. The molecular formula is C11H16Cl2N2. The maximum Gasteiger partial charge on any atom is 0.126 e. The Bertz CT molecular complexity index is 303. The average molecular weight is 247 g/mol. The Labute approximate surface area is 101 Å². The van der Waals surface area contributed by atoms with E-state index in [4.69, 9.17) is 23.2 Å². The molecule has 15 heavy (non-hydrogen) atoms. The Morgan fingerprint density at radius 2 is 2.07 bits per heavy atom. The molecule has 0 aliphatic heterocycles. The second-order valence-corrected chi connectivity index (χ2v) is 4.28. The highest BCUT2D eigenvalue weighted by Crippen LogP contribution is 2.21. The summed E-state index contributed by atoms with van der Waals surface area (Å²) in [5.74, 6) is 1.78. The van der Waals surface area contributed by atoms with Gasteiger partial charge in [-0.15, -0.1) is 23.2 Å². The van der Waals surface area contributed by atoms with Crippen molar-refractivity contribution in [1.82, 2.24) is 4.98 Å². The number of anilines is 1. The fraction of sp³-hybridized carbons (Fsp3) is 0.545. The number of halogens is 2. The first-order chi connectivity index (χ1) is 7.15. The quantitative estimate of drug-likeness (QED) is 0.806. The predicted octanol–water partition coefficient (Wildman–Crippen LogP) is 3.43. The normalized spacial score (nSPS) is 11.5. The zero-order valence-corrected chi connectivity index (χ0v) is 10.6. The van der Waals surface area contributed by atoms with E-state index in [1.807, 2.05) is 19.1 Å². The van der Waals surface area contributed by atoms with E-state index >= 15 is 0 Å². The third-order valence-electron chi connectivity index (χ3n) is 2.50. The number of rotatable bonds is 5. The Balaban J connectivity index is 2.82. The van der Waals surface area contributed by atoms with Gasteiger partial charge in [-0.05, 0) is 31.0 Å². The Kier molecular flexibility index (Phi) is 4.68. The third kappa shape index (κ3) is 3.25. The lowest BCUT2D eigenvalue weighted by molar-refractivity contribution is 0.558. The van der Waals surface area contributed by atoms with Crippen molar-refractivity contribution in [2.45, 2.75) is 25.8 Å². The van der Waals surface area contributed by atoms with Crippen LogP contribution in [0.1, 0.15) is 18.9 Å². The summed E-state index contributed by atoms with van der Waals surface area (Å²) in [6, 6.07) is 3.95. The summed E-state index contributed by atoms with van der Waals surface area (Å²) in [6.45, 7) is 4.09. The molecule has 2 nitrogen and oxygen atoms in total. The molecule has 0 radical (unpaired) electrons. The van der Waals surface area contributed by atoms with Crippen LogP contribution < -0.4 is 5.32 Å². The van der Waals surface area contributed by atoms with Gasteiger partial charge in [-0.2, -0.15) is 0 Å². The molecule has 0 unspecified atom stereocenters. The van der Waals surface area contributed by atoms with Crippen molar-refractivity contribution in [3.8, 4) is 0 Å². The first-order valence-electron chi connectivity index (χ1n) is 4.98. The number of aryl methyl sites for hydroxylation is 1. The molecule has 4 heteroatoms. The van der Waals surface area contributed by atoms with Gasteiger partial charge in [0, 0.05) is 18.0 Å². The molecule has 1 aromatic rings. The summed E-state index contributed by atoms with van der Waals surface area (Å²) in [4.78, 5) is 4.24. The topological polar surface area (TPSA) is 24.9 Å². The van der Waals surface area contributed by atoms with Crippen LogP contribution in [0.25, 0.3) is 0 Å². The molecule has 0 spiro atoms. The van der Waals surface area contributed by atoms with Gasteiger partial charge < -0.3 is 5.32 Å². The van der Waals surface area contributed by atoms with Gasteiger partial charge in [0.25, 0.3) is 0 Å². The van der Waals surface area contributed by atoms with E-state index in [-0.39, 0.29) is 5.54 Å². The van der Waals surface area contributed by atoms with Crippen LogP contribution in [0.4, 0.5) is 5.82 Å². The number of hydrogen-bond donors (Lipinski definition) is 1. The van der Waals surface area contributed by atoms with Crippen molar-refractivity contribution < 1.29 is 0 Å². The molecule has 1 rings (SSSR count). The number of nitrogens with zero attached hydrogens (tertiary/aromatic N) is 1. The fourth-order valence-electron chi connectivity index (χ4n) is 1.26. The first kappa shape index (κ1) is 12.6. The number of aromatic nitrogens is 1. The summed E-state index contributed by atoms with van der Waals surface area (Å²) >= 11 is 11.9. The molecule has 0 amide bonds. The van der Waals surface area contributed by atoms with E-state index in [0.717, 1.165) is 12.2 Å². The van der Waals surface area contributed by atoms with Gasteiger partial charge in [-0.25, -0.2) is 4.98 Å². The van der Waals surface area contributed by atoms with E-state index in [1.165, 1.54) is 5.56 Å². The lowest BCUT2D eigenvalue weighted by Crippen LogP contribution is -2.42. The highest BCUT2D eigenvalue weighted by molar-refractivity contribution is 6.22. The summed E-state index contributed by atoms with van der Waals surface area (Å²) in [7, 11) is 0. The van der Waals surface area contributed by atoms with E-state index in [2.05, 4.69) is 17.2 Å². The van der Waals surface area contributed by atoms with Gasteiger partial charge in [-0.1, -0.05) is 6.92 Å². The van der Waals surface area contributed by atoms with Gasteiger partial charge in [0.1, 0.15) is 5.82 Å². The smallest absolute Gasteiger partial charge is 0.126 e. The largest absolute Gasteiger partial charge is 0.362 e. The minimum atomic E-state index is -0.260. The molecule has 0 saturated carbocycles. The van der Waals surface area contributed by atoms with Crippen LogP contribution in [0.15, 0.2) is 18.3 Å². The second kappa shape index (κ2) is 5.57. The zero-order valence-electron chi connectivity index (χ0n) is 9.06. The summed E-state index contributed by atoms with van der Waals surface area (Å²) in [6.07, 6.45) is 2.65. The summed E-state index contributed by atoms with van der Waals surface area (Å²) in [5, 5.41) is 3.31. The maximum absolute atomic E-state index is 5.94. The Hall–Kier alpha value is -0.470. The van der Waals surface area contributed by atoms with E-state index in [1.54, 1.807) is 6.20 Å². The first-order valence-corrected chi connectivity index (χ1v) is 6.05. The Morgan fingerprint density at radius 3 is 2.53 bits per heavy atom. The van der Waals surface area contributed by atoms with Crippen LogP contribution in [0.3, 0.4) is 0 Å². The van der Waals surface area contributed by atoms with Crippen LogP contribution in [0.5, 0.6) is 0 Å². The molecular weight excluding hydrogens is 231 g/mol. The monoisotopic (exact) mass is 246 g/mol. The molecule has 84 valence electrons. The molecule has 0 aliphatic rings. The van der Waals surface area contributed by atoms with Crippen molar-refractivity contribution in [2.24, 2.45) is 0 Å². The van der Waals surface area contributed by atoms with Crippen molar-refractivity contribution in [3.05, 3.63) is 23.9 Å². The SMILES string of the molecule is CCC(CCl)(CCl)Nc1cc(C)ccn1. The van der Waals surface area contributed by atoms with Crippen LogP contribution >= 0.6 is 23.2 Å². The molecule has 0 bridgehead atoms. The second-order valence-electron chi connectivity index (χ2n) is 3.74. The van der Waals surface area contributed by atoms with Crippen LogP contribution in [-0.2, 0) is 0 Å². The summed E-state index contributed by atoms with van der Waals surface area (Å²) < 4.78 is 0. The number of pyridine rings is 1. The molecule has 0 aromatic carbocycles. The van der Waals surface area contributed by atoms with Gasteiger partial charge >= 0.3 is 0 Å². The van der Waals surface area contributed by atoms with Crippen molar-refractivity contribution in [1.29, 1.82) is 0 Å². The molecule has 1 aromatic heterocycles. The van der Waals surface area contributed by atoms with Gasteiger partial charge in [-0.3, -0.25) is 0 Å². The van der Waals surface area contributed by atoms with Crippen LogP contribution in [0, 0.1) is 6.92 Å². The van der Waals surface area contributed by atoms with Crippen molar-refractivity contribution in [3.63, 3.8) is 0 Å². The average Bonchev–Trinajstić information content (AvgIpc) is 2.26. The molecule has 0 atom stereocenters. The molecule has 1 heterocycles. The number of alkyl halides is 2. The predicted molar refractivity (Wildman–Crippen MR) is 67.1 cm³/mol. The van der Waals surface area contributed by atoms with E-state index in [0.29, 0.717) is 11.8 Å². The molecule has 1 N–H and O–H groups in total. The lowest BCUT2D eigenvalue weighted by atomic mass is 10.0. The minimum absolute atomic E-state index is 0.260. The minimum Gasteiger partial charge on any atom is -0.362 e. The van der Waals surface area contributed by atoms with Gasteiger partial charge in [0.15, 0.2) is 0 Å². The van der Waals surface area contributed by atoms with Crippen LogP contribution in [0.2, 0.25) is 0 Å². The number of hydrogen-bond acceptors (Lipinski definition) is 2. The highest BCUT2D eigenvalue weighted by atomic mass is 35.5. The molecule has 0 aliphatic carbocycles. The van der Waals surface area contributed by atoms with Gasteiger partial charge in [0.2, 0.25) is 0 Å². The zero-order chi connectivity index (χ0) is 11.3. The highest BCUT2D eigenvalue weighted by Gasteiger charge is 2.26. The molecule has 0 fully saturated rings. The van der Waals surface area contributed by atoms with Crippen LogP contribution in [-0.4, -0.2) is 22.3 Å². The van der Waals surface area contributed by atoms with Crippen molar-refractivity contribution in [2.75, 3.05) is 17.1 Å². The van der Waals surface area contributed by atoms with Crippen molar-refractivity contribution >= 4 is 29.0 Å². The Morgan fingerprint density at radius 1 is 1.40 bits per heavy atom. The molecule has 0 saturated heterocycles. The van der Waals surface area contributed by atoms with E-state index < -0.39 is 0 Å².